The fourth-order valence-electron chi connectivity index (χ4n) is 12.1. The van der Waals surface area contributed by atoms with Gasteiger partial charge in [-0.25, -0.2) is 9.13 Å². The first kappa shape index (κ1) is 98.5. The van der Waals surface area contributed by atoms with E-state index in [0.717, 1.165) is 121 Å². The van der Waals surface area contributed by atoms with Crippen molar-refractivity contribution >= 4 is 39.5 Å². The van der Waals surface area contributed by atoms with Crippen molar-refractivity contribution < 1.29 is 80.2 Å². The summed E-state index contributed by atoms with van der Waals surface area (Å²) in [5.74, 6) is 0.142. The van der Waals surface area contributed by atoms with Crippen LogP contribution < -0.4 is 0 Å². The van der Waals surface area contributed by atoms with Crippen molar-refractivity contribution in [2.45, 2.75) is 420 Å². The lowest BCUT2D eigenvalue weighted by Gasteiger charge is -2.21. The second-order valence-corrected chi connectivity index (χ2v) is 33.2. The van der Waals surface area contributed by atoms with E-state index in [4.69, 9.17) is 37.0 Å². The molecule has 101 heavy (non-hydrogen) atoms. The van der Waals surface area contributed by atoms with Crippen LogP contribution in [0.2, 0.25) is 0 Å². The SMILES string of the molecule is CCCCCC/C=C\C=C/CCCCCCCC(=O)O[C@H](COC(=O)CCCCCCCCC(C)C)COP(=O)(O)OC[C@H](O)COP(=O)(O)OC[C@@H](COC(=O)CCCCCCCCCCCCCCCC(C)C)OC(=O)CCCCCCCCCCCCCCCCCCCCC(C)C. The van der Waals surface area contributed by atoms with Gasteiger partial charge in [0.1, 0.15) is 19.3 Å². The molecular formula is C82H156O17P2. The molecule has 0 aliphatic carbocycles. The number of aliphatic hydroxyl groups excluding tert-OH is 1. The fraction of sp³-hybridized carbons (Fsp3) is 0.902. The van der Waals surface area contributed by atoms with E-state index in [9.17, 15) is 43.2 Å². The van der Waals surface area contributed by atoms with Gasteiger partial charge in [0.2, 0.25) is 0 Å². The van der Waals surface area contributed by atoms with E-state index < -0.39 is 97.5 Å². The van der Waals surface area contributed by atoms with Gasteiger partial charge in [0.25, 0.3) is 0 Å². The predicted octanol–water partition coefficient (Wildman–Crippen LogP) is 24.1. The minimum absolute atomic E-state index is 0.0839. The topological polar surface area (TPSA) is 237 Å². The zero-order valence-corrected chi connectivity index (χ0v) is 67.6. The van der Waals surface area contributed by atoms with Crippen LogP contribution in [0.25, 0.3) is 0 Å². The molecule has 0 saturated heterocycles. The van der Waals surface area contributed by atoms with Gasteiger partial charge in [-0.05, 0) is 69.1 Å². The monoisotopic (exact) mass is 1480 g/mol. The van der Waals surface area contributed by atoms with Gasteiger partial charge >= 0.3 is 39.5 Å². The molecule has 0 heterocycles. The number of rotatable bonds is 78. The van der Waals surface area contributed by atoms with Gasteiger partial charge in [0.05, 0.1) is 26.4 Å². The average molecular weight is 1480 g/mol. The van der Waals surface area contributed by atoms with Crippen LogP contribution >= 0.6 is 15.6 Å². The second kappa shape index (κ2) is 71.8. The number of hydrogen-bond acceptors (Lipinski definition) is 15. The standard InChI is InChI=1S/C82H156O17P2/c1-8-9-10-11-12-13-14-15-20-26-32-37-42-51-58-66-82(87)99-78(70-93-80(85)64-57-50-45-44-48-55-62-75(6)7)72-97-101(90,91)95-68-76(83)67-94-100(88,89)96-71-77(69-92-79(84)63-56-49-41-36-31-28-23-25-30-35-40-47-54-61-74(4)5)98-81(86)65-59-52-43-38-33-27-22-19-17-16-18-21-24-29-34-39-46-53-60-73(2)3/h13-15,20,73-78,83H,8-12,16-19,21-72H2,1-7H3,(H,88,89)(H,90,91)/b14-13-,20-15-/t76-,77-,78-/m1/s1. The van der Waals surface area contributed by atoms with Gasteiger partial charge in [0, 0.05) is 25.7 Å². The van der Waals surface area contributed by atoms with Crippen molar-refractivity contribution in [3.63, 3.8) is 0 Å². The van der Waals surface area contributed by atoms with E-state index in [1.165, 1.54) is 193 Å². The molecule has 0 amide bonds. The number of esters is 4. The summed E-state index contributed by atoms with van der Waals surface area (Å²) < 4.78 is 68.6. The summed E-state index contributed by atoms with van der Waals surface area (Å²) in [6, 6.07) is 0. The summed E-state index contributed by atoms with van der Waals surface area (Å²) >= 11 is 0. The first-order chi connectivity index (χ1) is 48.7. The van der Waals surface area contributed by atoms with E-state index in [2.05, 4.69) is 72.8 Å². The number of unbranched alkanes of at least 4 members (excludes halogenated alkanes) is 43. The van der Waals surface area contributed by atoms with Crippen LogP contribution in [0.1, 0.15) is 402 Å². The Hall–Kier alpha value is -2.46. The van der Waals surface area contributed by atoms with Crippen LogP contribution in [-0.4, -0.2) is 96.7 Å². The minimum Gasteiger partial charge on any atom is -0.462 e. The molecule has 17 nitrogen and oxygen atoms in total. The first-order valence-electron chi connectivity index (χ1n) is 41.7. The van der Waals surface area contributed by atoms with E-state index in [1.54, 1.807) is 0 Å². The zero-order valence-electron chi connectivity index (χ0n) is 65.9. The minimum atomic E-state index is -4.97. The van der Waals surface area contributed by atoms with Crippen molar-refractivity contribution in [3.05, 3.63) is 24.3 Å². The highest BCUT2D eigenvalue weighted by atomic mass is 31.2. The lowest BCUT2D eigenvalue weighted by Crippen LogP contribution is -2.30. The molecule has 0 bridgehead atoms. The van der Waals surface area contributed by atoms with Gasteiger partial charge in [-0.2, -0.15) is 0 Å². The Morgan fingerprint density at radius 1 is 0.307 bits per heavy atom. The highest BCUT2D eigenvalue weighted by Crippen LogP contribution is 2.45. The number of carbonyl (C=O) groups excluding carboxylic acids is 4. The Morgan fingerprint density at radius 3 is 0.802 bits per heavy atom. The summed E-state index contributed by atoms with van der Waals surface area (Å²) in [5.41, 5.74) is 0. The Balaban J connectivity index is 5.24. The van der Waals surface area contributed by atoms with Gasteiger partial charge in [0.15, 0.2) is 12.2 Å². The average Bonchev–Trinajstić information content (AvgIpc) is 0.930. The molecule has 0 aliphatic heterocycles. The molecule has 0 aromatic carbocycles. The largest absolute Gasteiger partial charge is 0.472 e. The number of ether oxygens (including phenoxy) is 4. The van der Waals surface area contributed by atoms with Crippen LogP contribution in [0.15, 0.2) is 24.3 Å². The van der Waals surface area contributed by atoms with Crippen LogP contribution in [0.4, 0.5) is 0 Å². The first-order valence-corrected chi connectivity index (χ1v) is 44.7. The summed E-state index contributed by atoms with van der Waals surface area (Å²) in [6.45, 7) is 11.8. The van der Waals surface area contributed by atoms with E-state index in [0.29, 0.717) is 31.6 Å². The third-order valence-corrected chi connectivity index (χ3v) is 20.4. The molecule has 0 rings (SSSR count). The van der Waals surface area contributed by atoms with Crippen molar-refractivity contribution in [1.29, 1.82) is 0 Å². The predicted molar refractivity (Wildman–Crippen MR) is 414 cm³/mol. The highest BCUT2D eigenvalue weighted by Gasteiger charge is 2.30. The maximum absolute atomic E-state index is 13.1. The third-order valence-electron chi connectivity index (χ3n) is 18.5. The van der Waals surface area contributed by atoms with Crippen LogP contribution in [-0.2, 0) is 65.4 Å². The normalized spacial score (nSPS) is 14.1. The van der Waals surface area contributed by atoms with E-state index >= 15 is 0 Å². The van der Waals surface area contributed by atoms with Crippen molar-refractivity contribution in [2.24, 2.45) is 17.8 Å². The maximum atomic E-state index is 13.1. The summed E-state index contributed by atoms with van der Waals surface area (Å²) in [4.78, 5) is 73.0. The lowest BCUT2D eigenvalue weighted by atomic mass is 10.0. The molecule has 3 N–H and O–H groups in total. The molecule has 2 unspecified atom stereocenters. The lowest BCUT2D eigenvalue weighted by molar-refractivity contribution is -0.161. The fourth-order valence-corrected chi connectivity index (χ4v) is 13.7. The smallest absolute Gasteiger partial charge is 0.462 e. The number of phosphoric ester groups is 2. The maximum Gasteiger partial charge on any atom is 0.472 e. The van der Waals surface area contributed by atoms with Crippen LogP contribution in [0, 0.1) is 17.8 Å². The molecule has 19 heteroatoms. The quantitative estimate of drug-likeness (QED) is 0.0169. The Bertz CT molecular complexity index is 2050. The number of hydrogen-bond donors (Lipinski definition) is 3. The van der Waals surface area contributed by atoms with Crippen LogP contribution in [0.3, 0.4) is 0 Å². The molecule has 0 fully saturated rings. The van der Waals surface area contributed by atoms with Gasteiger partial charge in [-0.3, -0.25) is 37.3 Å². The molecule has 0 spiro atoms. The molecule has 0 saturated carbocycles. The van der Waals surface area contributed by atoms with Crippen LogP contribution in [0.5, 0.6) is 0 Å². The summed E-state index contributed by atoms with van der Waals surface area (Å²) in [7, 11) is -9.93. The van der Waals surface area contributed by atoms with Gasteiger partial charge in [-0.1, -0.05) is 349 Å². The second-order valence-electron chi connectivity index (χ2n) is 30.3. The molecule has 0 aromatic heterocycles. The zero-order chi connectivity index (χ0) is 74.4. The molecule has 0 radical (unpaired) electrons. The molecule has 0 aromatic rings. The molecule has 0 aliphatic rings. The Labute approximate surface area is 618 Å². The molecule has 5 atom stereocenters. The van der Waals surface area contributed by atoms with Crippen molar-refractivity contribution in [2.75, 3.05) is 39.6 Å². The molecular weight excluding hydrogens is 1320 g/mol. The van der Waals surface area contributed by atoms with Crippen molar-refractivity contribution in [1.82, 2.24) is 0 Å². The highest BCUT2D eigenvalue weighted by molar-refractivity contribution is 7.47. The van der Waals surface area contributed by atoms with E-state index in [1.807, 2.05) is 0 Å². The van der Waals surface area contributed by atoms with Gasteiger partial charge in [-0.15, -0.1) is 0 Å². The Morgan fingerprint density at radius 2 is 0.535 bits per heavy atom. The van der Waals surface area contributed by atoms with Crippen molar-refractivity contribution in [3.8, 4) is 0 Å². The van der Waals surface area contributed by atoms with Gasteiger partial charge < -0.3 is 33.8 Å². The Kier molecular flexibility index (Phi) is 70.0. The molecule has 596 valence electrons. The number of carbonyl (C=O) groups is 4. The number of allylic oxidation sites excluding steroid dienone is 4. The summed E-state index contributed by atoms with van der Waals surface area (Å²) in [6.07, 6.45) is 63.5. The number of aliphatic hydroxyl groups is 1. The van der Waals surface area contributed by atoms with E-state index in [-0.39, 0.29) is 25.7 Å². The number of phosphoric acid groups is 2. The third kappa shape index (κ3) is 75.6. The summed E-state index contributed by atoms with van der Waals surface area (Å²) in [5, 5.41) is 10.6.